The highest BCUT2D eigenvalue weighted by Crippen LogP contribution is 2.23. The van der Waals surface area contributed by atoms with Crippen LogP contribution in [-0.2, 0) is 4.79 Å². The first-order valence-corrected chi connectivity index (χ1v) is 9.00. The zero-order chi connectivity index (χ0) is 17.5. The van der Waals surface area contributed by atoms with Crippen LogP contribution in [0.25, 0.3) is 0 Å². The van der Waals surface area contributed by atoms with Crippen LogP contribution in [0.2, 0.25) is 0 Å². The van der Waals surface area contributed by atoms with Gasteiger partial charge < -0.3 is 10.1 Å². The summed E-state index contributed by atoms with van der Waals surface area (Å²) in [4.78, 5) is 13.2. The van der Waals surface area contributed by atoms with Crippen LogP contribution >= 0.6 is 11.8 Å². The number of amides is 1. The standard InChI is InChI=1S/C21H19NO2S/c1-16-7-13-20(14-8-16)25-15-21(23)22-17-9-11-19(12-10-17)24-18-5-3-2-4-6-18/h2-14H,15H2,1H3,(H,22,23). The molecule has 0 atom stereocenters. The van der Waals surface area contributed by atoms with Gasteiger partial charge in [0.2, 0.25) is 5.91 Å². The van der Waals surface area contributed by atoms with Gasteiger partial charge in [0.25, 0.3) is 0 Å². The number of hydrogen-bond acceptors (Lipinski definition) is 3. The third-order valence-electron chi connectivity index (χ3n) is 3.51. The van der Waals surface area contributed by atoms with E-state index in [9.17, 15) is 4.79 Å². The predicted octanol–water partition coefficient (Wildman–Crippen LogP) is 5.52. The third kappa shape index (κ3) is 5.40. The molecule has 3 nitrogen and oxygen atoms in total. The second-order valence-corrected chi connectivity index (χ2v) is 6.64. The first-order chi connectivity index (χ1) is 12.2. The number of para-hydroxylation sites is 1. The van der Waals surface area contributed by atoms with Gasteiger partial charge in [-0.25, -0.2) is 0 Å². The van der Waals surface area contributed by atoms with Gasteiger partial charge in [0, 0.05) is 10.6 Å². The SMILES string of the molecule is Cc1ccc(SCC(=O)Nc2ccc(Oc3ccccc3)cc2)cc1. The van der Waals surface area contributed by atoms with Crippen LogP contribution < -0.4 is 10.1 Å². The summed E-state index contributed by atoms with van der Waals surface area (Å²) in [5, 5.41) is 2.90. The van der Waals surface area contributed by atoms with Gasteiger partial charge in [0.1, 0.15) is 11.5 Å². The summed E-state index contributed by atoms with van der Waals surface area (Å²) in [7, 11) is 0. The topological polar surface area (TPSA) is 38.3 Å². The molecule has 0 radical (unpaired) electrons. The minimum atomic E-state index is -0.0256. The van der Waals surface area contributed by atoms with E-state index in [2.05, 4.69) is 5.32 Å². The van der Waals surface area contributed by atoms with Crippen LogP contribution in [0.1, 0.15) is 5.56 Å². The Kier molecular flexibility index (Phi) is 5.75. The maximum Gasteiger partial charge on any atom is 0.234 e. The molecular formula is C21H19NO2S. The fourth-order valence-electron chi connectivity index (χ4n) is 2.21. The highest BCUT2D eigenvalue weighted by Gasteiger charge is 2.04. The molecule has 0 aliphatic carbocycles. The Bertz CT molecular complexity index is 815. The molecule has 3 aromatic rings. The minimum absolute atomic E-state index is 0.0256. The normalized spacial score (nSPS) is 10.3. The molecule has 0 aromatic heterocycles. The minimum Gasteiger partial charge on any atom is -0.457 e. The average Bonchev–Trinajstić information content (AvgIpc) is 2.64. The van der Waals surface area contributed by atoms with Gasteiger partial charge in [0.15, 0.2) is 0 Å². The Morgan fingerprint density at radius 2 is 1.52 bits per heavy atom. The molecule has 0 bridgehead atoms. The Morgan fingerprint density at radius 3 is 2.20 bits per heavy atom. The van der Waals surface area contributed by atoms with Gasteiger partial charge in [-0.3, -0.25) is 4.79 Å². The quantitative estimate of drug-likeness (QED) is 0.596. The molecule has 25 heavy (non-hydrogen) atoms. The number of nitrogens with one attached hydrogen (secondary N) is 1. The molecular weight excluding hydrogens is 330 g/mol. The predicted molar refractivity (Wildman–Crippen MR) is 103 cm³/mol. The van der Waals surface area contributed by atoms with E-state index in [-0.39, 0.29) is 5.91 Å². The van der Waals surface area contributed by atoms with Crippen molar-refractivity contribution in [2.45, 2.75) is 11.8 Å². The van der Waals surface area contributed by atoms with Crippen LogP contribution in [0.4, 0.5) is 5.69 Å². The van der Waals surface area contributed by atoms with Crippen LogP contribution in [-0.4, -0.2) is 11.7 Å². The molecule has 0 saturated heterocycles. The van der Waals surface area contributed by atoms with Crippen molar-refractivity contribution in [3.63, 3.8) is 0 Å². The van der Waals surface area contributed by atoms with E-state index >= 15 is 0 Å². The fourth-order valence-corrected chi connectivity index (χ4v) is 2.91. The lowest BCUT2D eigenvalue weighted by molar-refractivity contribution is -0.113. The van der Waals surface area contributed by atoms with Crippen molar-refractivity contribution in [1.82, 2.24) is 0 Å². The highest BCUT2D eigenvalue weighted by atomic mass is 32.2. The van der Waals surface area contributed by atoms with Crippen LogP contribution in [0, 0.1) is 6.92 Å². The largest absolute Gasteiger partial charge is 0.457 e. The Morgan fingerprint density at radius 1 is 0.880 bits per heavy atom. The highest BCUT2D eigenvalue weighted by molar-refractivity contribution is 8.00. The zero-order valence-corrected chi connectivity index (χ0v) is 14.8. The van der Waals surface area contributed by atoms with Gasteiger partial charge in [-0.1, -0.05) is 35.9 Å². The number of rotatable bonds is 6. The Hall–Kier alpha value is -2.72. The van der Waals surface area contributed by atoms with Gasteiger partial charge in [0.05, 0.1) is 5.75 Å². The molecule has 4 heteroatoms. The van der Waals surface area contributed by atoms with Crippen LogP contribution in [0.15, 0.2) is 83.8 Å². The lowest BCUT2D eigenvalue weighted by atomic mass is 10.2. The number of benzene rings is 3. The van der Waals surface area contributed by atoms with Crippen molar-refractivity contribution in [2.24, 2.45) is 0 Å². The van der Waals surface area contributed by atoms with Crippen LogP contribution in [0.3, 0.4) is 0 Å². The summed E-state index contributed by atoms with van der Waals surface area (Å²) < 4.78 is 5.74. The molecule has 0 heterocycles. The van der Waals surface area contributed by atoms with E-state index in [1.807, 2.05) is 85.8 Å². The molecule has 1 N–H and O–H groups in total. The summed E-state index contributed by atoms with van der Waals surface area (Å²) in [6.07, 6.45) is 0. The molecule has 0 saturated carbocycles. The third-order valence-corrected chi connectivity index (χ3v) is 4.52. The molecule has 1 amide bonds. The van der Waals surface area contributed by atoms with E-state index < -0.39 is 0 Å². The number of ether oxygens (including phenoxy) is 1. The van der Waals surface area contributed by atoms with Crippen molar-refractivity contribution in [3.05, 3.63) is 84.4 Å². The number of anilines is 1. The van der Waals surface area contributed by atoms with E-state index in [4.69, 9.17) is 4.74 Å². The second kappa shape index (κ2) is 8.40. The monoisotopic (exact) mass is 349 g/mol. The second-order valence-electron chi connectivity index (χ2n) is 5.59. The number of hydrogen-bond donors (Lipinski definition) is 1. The lowest BCUT2D eigenvalue weighted by Gasteiger charge is -2.08. The van der Waals surface area contributed by atoms with Gasteiger partial charge in [-0.2, -0.15) is 0 Å². The van der Waals surface area contributed by atoms with Crippen molar-refractivity contribution in [2.75, 3.05) is 11.1 Å². The van der Waals surface area contributed by atoms with Gasteiger partial charge in [-0.05, 0) is 55.5 Å². The Labute approximate surface area is 152 Å². The Balaban J connectivity index is 1.50. The summed E-state index contributed by atoms with van der Waals surface area (Å²) in [6, 6.07) is 25.1. The van der Waals surface area contributed by atoms with Crippen LogP contribution in [0.5, 0.6) is 11.5 Å². The zero-order valence-electron chi connectivity index (χ0n) is 13.9. The van der Waals surface area contributed by atoms with Crippen molar-refractivity contribution < 1.29 is 9.53 Å². The number of carbonyl (C=O) groups is 1. The maximum absolute atomic E-state index is 12.1. The first kappa shape index (κ1) is 17.1. The summed E-state index contributed by atoms with van der Waals surface area (Å²) in [6.45, 7) is 2.05. The molecule has 0 aliphatic rings. The first-order valence-electron chi connectivity index (χ1n) is 8.01. The van der Waals surface area contributed by atoms with Gasteiger partial charge >= 0.3 is 0 Å². The van der Waals surface area contributed by atoms with E-state index in [0.29, 0.717) is 5.75 Å². The molecule has 0 fully saturated rings. The smallest absolute Gasteiger partial charge is 0.234 e. The van der Waals surface area contributed by atoms with Crippen molar-refractivity contribution in [1.29, 1.82) is 0 Å². The molecule has 3 rings (SSSR count). The fraction of sp³-hybridized carbons (Fsp3) is 0.0952. The van der Waals surface area contributed by atoms with Gasteiger partial charge in [-0.15, -0.1) is 11.8 Å². The summed E-state index contributed by atoms with van der Waals surface area (Å²) in [5.74, 6) is 1.88. The summed E-state index contributed by atoms with van der Waals surface area (Å²) >= 11 is 1.52. The van der Waals surface area contributed by atoms with Crippen molar-refractivity contribution in [3.8, 4) is 11.5 Å². The molecule has 3 aromatic carbocycles. The molecule has 0 unspecified atom stereocenters. The summed E-state index contributed by atoms with van der Waals surface area (Å²) in [5.41, 5.74) is 1.97. The molecule has 0 spiro atoms. The van der Waals surface area contributed by atoms with E-state index in [1.54, 1.807) is 0 Å². The van der Waals surface area contributed by atoms with Crippen molar-refractivity contribution >= 4 is 23.4 Å². The maximum atomic E-state index is 12.1. The van der Waals surface area contributed by atoms with E-state index in [0.717, 1.165) is 22.1 Å². The average molecular weight is 349 g/mol. The number of aryl methyl sites for hydroxylation is 1. The number of thioether (sulfide) groups is 1. The lowest BCUT2D eigenvalue weighted by Crippen LogP contribution is -2.13. The molecule has 126 valence electrons. The van der Waals surface area contributed by atoms with E-state index in [1.165, 1.54) is 17.3 Å². The molecule has 0 aliphatic heterocycles. The number of carbonyl (C=O) groups excluding carboxylic acids is 1.